The molecule has 2 aromatic rings. The summed E-state index contributed by atoms with van der Waals surface area (Å²) in [4.78, 5) is 12.1. The molecule has 0 aliphatic carbocycles. The Bertz CT molecular complexity index is 606. The lowest BCUT2D eigenvalue weighted by molar-refractivity contribution is 0.0522. The van der Waals surface area contributed by atoms with Crippen molar-refractivity contribution in [2.24, 2.45) is 0 Å². The normalized spacial score (nSPS) is 11.8. The van der Waals surface area contributed by atoms with Gasteiger partial charge in [-0.25, -0.2) is 4.79 Å². The molecule has 0 fully saturated rings. The van der Waals surface area contributed by atoms with E-state index in [1.807, 2.05) is 52.8 Å². The number of benzene rings is 1. The summed E-state index contributed by atoms with van der Waals surface area (Å²) in [5, 5.41) is 5.29. The molecule has 1 aromatic heterocycles. The predicted molar refractivity (Wildman–Crippen MR) is 70.8 cm³/mol. The van der Waals surface area contributed by atoms with Crippen LogP contribution in [0.3, 0.4) is 0 Å². The second-order valence-electron chi connectivity index (χ2n) is 5.45. The topological polar surface area (TPSA) is 44.1 Å². The number of aryl methyl sites for hydroxylation is 2. The van der Waals surface area contributed by atoms with Crippen molar-refractivity contribution in [3.05, 3.63) is 29.5 Å². The highest BCUT2D eigenvalue weighted by molar-refractivity contribution is 5.91. The average molecular weight is 246 g/mol. The van der Waals surface area contributed by atoms with Crippen LogP contribution in [0.4, 0.5) is 4.79 Å². The summed E-state index contributed by atoms with van der Waals surface area (Å²) in [6, 6.07) is 5.81. The minimum absolute atomic E-state index is 0.439. The van der Waals surface area contributed by atoms with Crippen molar-refractivity contribution in [1.29, 1.82) is 0 Å². The summed E-state index contributed by atoms with van der Waals surface area (Å²) >= 11 is 0. The summed E-state index contributed by atoms with van der Waals surface area (Å²) in [5.74, 6) is 0. The zero-order valence-corrected chi connectivity index (χ0v) is 11.4. The van der Waals surface area contributed by atoms with Gasteiger partial charge in [0.25, 0.3) is 0 Å². The van der Waals surface area contributed by atoms with Gasteiger partial charge in [-0.3, -0.25) is 0 Å². The van der Waals surface area contributed by atoms with Gasteiger partial charge in [0.2, 0.25) is 0 Å². The minimum atomic E-state index is -0.521. The SMILES string of the molecule is Cc1cccc2c1c(C)nn2C(=O)OC(C)(C)C. The van der Waals surface area contributed by atoms with Gasteiger partial charge in [-0.1, -0.05) is 12.1 Å². The standard InChI is InChI=1S/C14H18N2O2/c1-9-7-6-8-11-12(9)10(2)15-16(11)13(17)18-14(3,4)5/h6-8H,1-5H3. The zero-order valence-electron chi connectivity index (χ0n) is 11.4. The van der Waals surface area contributed by atoms with Crippen LogP contribution in [0.5, 0.6) is 0 Å². The van der Waals surface area contributed by atoms with Crippen molar-refractivity contribution in [2.45, 2.75) is 40.2 Å². The molecular weight excluding hydrogens is 228 g/mol. The lowest BCUT2D eigenvalue weighted by Gasteiger charge is -2.19. The molecule has 1 aromatic carbocycles. The maximum Gasteiger partial charge on any atom is 0.435 e. The molecule has 0 aliphatic rings. The second-order valence-corrected chi connectivity index (χ2v) is 5.45. The Kier molecular flexibility index (Phi) is 2.89. The fourth-order valence-corrected chi connectivity index (χ4v) is 2.00. The number of aromatic nitrogens is 2. The molecule has 0 spiro atoms. The maximum absolute atomic E-state index is 12.1. The molecule has 0 aliphatic heterocycles. The molecule has 18 heavy (non-hydrogen) atoms. The molecule has 0 N–H and O–H groups in total. The van der Waals surface area contributed by atoms with Crippen LogP contribution in [0.25, 0.3) is 10.9 Å². The molecule has 0 saturated heterocycles. The van der Waals surface area contributed by atoms with Crippen LogP contribution in [0, 0.1) is 13.8 Å². The van der Waals surface area contributed by atoms with Crippen LogP contribution in [0.2, 0.25) is 0 Å². The van der Waals surface area contributed by atoms with Crippen molar-refractivity contribution in [3.8, 4) is 0 Å². The number of hydrogen-bond donors (Lipinski definition) is 0. The summed E-state index contributed by atoms with van der Waals surface area (Å²) in [5.41, 5.74) is 2.23. The van der Waals surface area contributed by atoms with E-state index >= 15 is 0 Å². The molecule has 1 heterocycles. The van der Waals surface area contributed by atoms with E-state index in [1.165, 1.54) is 4.68 Å². The number of carbonyl (C=O) groups is 1. The highest BCUT2D eigenvalue weighted by Gasteiger charge is 2.21. The zero-order chi connectivity index (χ0) is 13.5. The fourth-order valence-electron chi connectivity index (χ4n) is 2.00. The van der Waals surface area contributed by atoms with E-state index < -0.39 is 11.7 Å². The Balaban J connectivity index is 2.53. The van der Waals surface area contributed by atoms with Gasteiger partial charge in [0.1, 0.15) is 5.60 Å². The Morgan fingerprint density at radius 2 is 1.94 bits per heavy atom. The van der Waals surface area contributed by atoms with Crippen molar-refractivity contribution < 1.29 is 9.53 Å². The first-order valence-electron chi connectivity index (χ1n) is 5.98. The second kappa shape index (κ2) is 4.12. The molecule has 0 radical (unpaired) electrons. The number of nitrogens with zero attached hydrogens (tertiary/aromatic N) is 2. The maximum atomic E-state index is 12.1. The summed E-state index contributed by atoms with van der Waals surface area (Å²) in [6.07, 6.45) is -0.439. The van der Waals surface area contributed by atoms with Crippen LogP contribution in [0.15, 0.2) is 18.2 Å². The predicted octanol–water partition coefficient (Wildman–Crippen LogP) is 3.44. The monoisotopic (exact) mass is 246 g/mol. The van der Waals surface area contributed by atoms with Crippen LogP contribution in [0.1, 0.15) is 32.0 Å². The van der Waals surface area contributed by atoms with Crippen LogP contribution in [-0.4, -0.2) is 21.5 Å². The van der Waals surface area contributed by atoms with Crippen LogP contribution < -0.4 is 0 Å². The summed E-state index contributed by atoms with van der Waals surface area (Å²) in [6.45, 7) is 9.44. The van der Waals surface area contributed by atoms with Gasteiger partial charge in [-0.05, 0) is 46.2 Å². The number of hydrogen-bond acceptors (Lipinski definition) is 3. The molecule has 0 bridgehead atoms. The van der Waals surface area contributed by atoms with E-state index in [4.69, 9.17) is 4.74 Å². The summed E-state index contributed by atoms with van der Waals surface area (Å²) < 4.78 is 6.68. The largest absolute Gasteiger partial charge is 0.442 e. The molecule has 96 valence electrons. The molecule has 4 heteroatoms. The van der Waals surface area contributed by atoms with Gasteiger partial charge in [-0.2, -0.15) is 9.78 Å². The molecule has 2 rings (SSSR count). The quantitative estimate of drug-likeness (QED) is 0.715. The van der Waals surface area contributed by atoms with E-state index in [1.54, 1.807) is 0 Å². The van der Waals surface area contributed by atoms with E-state index in [9.17, 15) is 4.79 Å². The third-order valence-electron chi connectivity index (χ3n) is 2.66. The van der Waals surface area contributed by atoms with E-state index in [0.717, 1.165) is 22.2 Å². The molecule has 0 saturated carbocycles. The highest BCUT2D eigenvalue weighted by atomic mass is 16.6. The third-order valence-corrected chi connectivity index (χ3v) is 2.66. The first-order valence-corrected chi connectivity index (χ1v) is 5.98. The van der Waals surface area contributed by atoms with Crippen LogP contribution in [-0.2, 0) is 4.74 Å². The minimum Gasteiger partial charge on any atom is -0.442 e. The molecule has 0 amide bonds. The Labute approximate surface area is 107 Å². The first-order chi connectivity index (χ1) is 8.29. The summed E-state index contributed by atoms with van der Waals surface area (Å²) in [7, 11) is 0. The lowest BCUT2D eigenvalue weighted by Crippen LogP contribution is -2.27. The van der Waals surface area contributed by atoms with E-state index in [2.05, 4.69) is 5.10 Å². The van der Waals surface area contributed by atoms with Crippen LogP contribution >= 0.6 is 0 Å². The molecule has 0 unspecified atom stereocenters. The smallest absolute Gasteiger partial charge is 0.435 e. The Morgan fingerprint density at radius 1 is 1.28 bits per heavy atom. The van der Waals surface area contributed by atoms with Gasteiger partial charge in [0, 0.05) is 5.39 Å². The molecular formula is C14H18N2O2. The van der Waals surface area contributed by atoms with Gasteiger partial charge >= 0.3 is 6.09 Å². The Hall–Kier alpha value is -1.84. The van der Waals surface area contributed by atoms with Gasteiger partial charge in [0.15, 0.2) is 0 Å². The average Bonchev–Trinajstić information content (AvgIpc) is 2.55. The molecule has 4 nitrogen and oxygen atoms in total. The highest BCUT2D eigenvalue weighted by Crippen LogP contribution is 2.22. The van der Waals surface area contributed by atoms with Gasteiger partial charge in [-0.15, -0.1) is 0 Å². The number of carbonyl (C=O) groups excluding carboxylic acids is 1. The van der Waals surface area contributed by atoms with E-state index in [-0.39, 0.29) is 0 Å². The number of rotatable bonds is 0. The fraction of sp³-hybridized carbons (Fsp3) is 0.429. The van der Waals surface area contributed by atoms with E-state index in [0.29, 0.717) is 0 Å². The number of fused-ring (bicyclic) bond motifs is 1. The van der Waals surface area contributed by atoms with Gasteiger partial charge in [0.05, 0.1) is 11.2 Å². The van der Waals surface area contributed by atoms with Crippen molar-refractivity contribution in [3.63, 3.8) is 0 Å². The van der Waals surface area contributed by atoms with Crippen molar-refractivity contribution in [1.82, 2.24) is 9.78 Å². The number of ether oxygens (including phenoxy) is 1. The van der Waals surface area contributed by atoms with Crippen molar-refractivity contribution in [2.75, 3.05) is 0 Å². The molecule has 0 atom stereocenters. The van der Waals surface area contributed by atoms with Gasteiger partial charge < -0.3 is 4.74 Å². The van der Waals surface area contributed by atoms with Crippen molar-refractivity contribution >= 4 is 17.0 Å². The Morgan fingerprint density at radius 3 is 2.56 bits per heavy atom. The lowest BCUT2D eigenvalue weighted by atomic mass is 10.1. The third kappa shape index (κ3) is 2.23. The first kappa shape index (κ1) is 12.6.